The van der Waals surface area contributed by atoms with E-state index in [9.17, 15) is 0 Å². The van der Waals surface area contributed by atoms with E-state index < -0.39 is 0 Å². The zero-order valence-electron chi connectivity index (χ0n) is 12.3. The fourth-order valence-corrected chi connectivity index (χ4v) is 2.80. The average Bonchev–Trinajstić information content (AvgIpc) is 2.53. The van der Waals surface area contributed by atoms with Gasteiger partial charge in [0.05, 0.1) is 0 Å². The van der Waals surface area contributed by atoms with E-state index in [1.165, 1.54) is 16.0 Å². The van der Waals surface area contributed by atoms with Gasteiger partial charge in [-0.3, -0.25) is 0 Å². The molecule has 0 aliphatic carbocycles. The lowest BCUT2D eigenvalue weighted by molar-refractivity contribution is 0.318. The van der Waals surface area contributed by atoms with Crippen LogP contribution in [0.3, 0.4) is 0 Å². The largest absolute Gasteiger partial charge is 0.409 e. The first kappa shape index (κ1) is 15.4. The summed E-state index contributed by atoms with van der Waals surface area (Å²) >= 11 is 1.80. The van der Waals surface area contributed by atoms with Crippen LogP contribution in [0.4, 0.5) is 0 Å². The summed E-state index contributed by atoms with van der Waals surface area (Å²) in [6.45, 7) is 4.40. The van der Waals surface area contributed by atoms with Gasteiger partial charge in [0, 0.05) is 16.2 Å². The van der Waals surface area contributed by atoms with Gasteiger partial charge in [0.1, 0.15) is 0 Å². The second-order valence-corrected chi connectivity index (χ2v) is 6.24. The van der Waals surface area contributed by atoms with Crippen LogP contribution in [-0.4, -0.2) is 11.0 Å². The Bertz CT molecular complexity index is 604. The molecule has 110 valence electrons. The highest BCUT2D eigenvalue weighted by Gasteiger charge is 2.02. The molecule has 2 aromatic rings. The maximum absolute atomic E-state index is 8.63. The number of rotatable bonds is 5. The summed E-state index contributed by atoms with van der Waals surface area (Å²) in [4.78, 5) is 1.26. The summed E-state index contributed by atoms with van der Waals surface area (Å²) in [6, 6.07) is 16.5. The van der Waals surface area contributed by atoms with Crippen LogP contribution in [0.5, 0.6) is 0 Å². The highest BCUT2D eigenvalue weighted by Crippen LogP contribution is 2.25. The van der Waals surface area contributed by atoms with Gasteiger partial charge in [-0.05, 0) is 29.2 Å². The first-order valence-corrected chi connectivity index (χ1v) is 7.88. The molecule has 4 heteroatoms. The molecule has 0 saturated heterocycles. The number of thioether (sulfide) groups is 1. The van der Waals surface area contributed by atoms with Crippen molar-refractivity contribution in [1.29, 1.82) is 0 Å². The van der Waals surface area contributed by atoms with E-state index in [2.05, 4.69) is 43.3 Å². The minimum Gasteiger partial charge on any atom is -0.409 e. The van der Waals surface area contributed by atoms with Gasteiger partial charge in [-0.25, -0.2) is 0 Å². The van der Waals surface area contributed by atoms with Crippen molar-refractivity contribution in [2.75, 3.05) is 0 Å². The third-order valence-corrected chi connectivity index (χ3v) is 4.39. The molecule has 0 spiro atoms. The van der Waals surface area contributed by atoms with Crippen molar-refractivity contribution in [3.63, 3.8) is 0 Å². The SMILES string of the molecule is CC(C)c1ccc(SCc2ccc(/C(N)=N/O)cc2)cc1. The summed E-state index contributed by atoms with van der Waals surface area (Å²) in [6.07, 6.45) is 0. The second-order valence-electron chi connectivity index (χ2n) is 5.19. The number of nitrogens with zero attached hydrogens (tertiary/aromatic N) is 1. The molecule has 0 aliphatic rings. The minimum atomic E-state index is 0.137. The van der Waals surface area contributed by atoms with E-state index in [4.69, 9.17) is 10.9 Å². The number of hydrogen-bond acceptors (Lipinski definition) is 3. The number of amidine groups is 1. The lowest BCUT2D eigenvalue weighted by atomic mass is 10.0. The normalized spacial score (nSPS) is 11.9. The molecule has 2 aromatic carbocycles. The Morgan fingerprint density at radius 3 is 2.24 bits per heavy atom. The molecule has 0 bridgehead atoms. The fourth-order valence-electron chi connectivity index (χ4n) is 1.95. The molecule has 3 nitrogen and oxygen atoms in total. The predicted octanol–water partition coefficient (Wildman–Crippen LogP) is 4.20. The number of nitrogens with two attached hydrogens (primary N) is 1. The average molecular weight is 300 g/mol. The third-order valence-electron chi connectivity index (χ3n) is 3.31. The number of hydrogen-bond donors (Lipinski definition) is 2. The Morgan fingerprint density at radius 2 is 1.71 bits per heavy atom. The maximum atomic E-state index is 8.63. The zero-order valence-corrected chi connectivity index (χ0v) is 13.1. The van der Waals surface area contributed by atoms with E-state index in [0.717, 1.165) is 11.3 Å². The monoisotopic (exact) mass is 300 g/mol. The topological polar surface area (TPSA) is 58.6 Å². The van der Waals surface area contributed by atoms with Gasteiger partial charge >= 0.3 is 0 Å². The van der Waals surface area contributed by atoms with E-state index in [1.807, 2.05) is 24.3 Å². The van der Waals surface area contributed by atoms with Crippen molar-refractivity contribution in [3.05, 3.63) is 65.2 Å². The van der Waals surface area contributed by atoms with Crippen molar-refractivity contribution in [3.8, 4) is 0 Å². The maximum Gasteiger partial charge on any atom is 0.170 e. The molecule has 0 radical (unpaired) electrons. The Morgan fingerprint density at radius 1 is 1.10 bits per heavy atom. The molecule has 0 aliphatic heterocycles. The van der Waals surface area contributed by atoms with Crippen molar-refractivity contribution in [2.24, 2.45) is 10.9 Å². The van der Waals surface area contributed by atoms with Crippen LogP contribution >= 0.6 is 11.8 Å². The lowest BCUT2D eigenvalue weighted by Gasteiger charge is -2.07. The van der Waals surface area contributed by atoms with E-state index >= 15 is 0 Å². The second kappa shape index (κ2) is 7.18. The lowest BCUT2D eigenvalue weighted by Crippen LogP contribution is -2.12. The standard InChI is InChI=1S/C17H20N2OS/c1-12(2)14-7-9-16(10-8-14)21-11-13-3-5-15(6-4-13)17(18)19-20/h3-10,12,20H,11H2,1-2H3,(H2,18,19). The van der Waals surface area contributed by atoms with Crippen LogP contribution in [0.1, 0.15) is 36.5 Å². The van der Waals surface area contributed by atoms with Crippen LogP contribution in [0.15, 0.2) is 58.6 Å². The molecular weight excluding hydrogens is 280 g/mol. The molecule has 0 unspecified atom stereocenters. The Hall–Kier alpha value is -1.94. The van der Waals surface area contributed by atoms with Crippen molar-refractivity contribution in [2.45, 2.75) is 30.4 Å². The molecule has 0 heterocycles. The summed E-state index contributed by atoms with van der Waals surface area (Å²) in [7, 11) is 0. The Kier molecular flexibility index (Phi) is 5.28. The summed E-state index contributed by atoms with van der Waals surface area (Å²) in [5, 5.41) is 11.6. The minimum absolute atomic E-state index is 0.137. The van der Waals surface area contributed by atoms with E-state index in [0.29, 0.717) is 5.92 Å². The van der Waals surface area contributed by atoms with Crippen LogP contribution in [0, 0.1) is 0 Å². The highest BCUT2D eigenvalue weighted by molar-refractivity contribution is 7.98. The van der Waals surface area contributed by atoms with E-state index in [1.54, 1.807) is 11.8 Å². The van der Waals surface area contributed by atoms with Gasteiger partial charge in [0.2, 0.25) is 0 Å². The van der Waals surface area contributed by atoms with Crippen LogP contribution in [0.2, 0.25) is 0 Å². The Labute approximate surface area is 129 Å². The van der Waals surface area contributed by atoms with Crippen LogP contribution in [0.25, 0.3) is 0 Å². The fraction of sp³-hybridized carbons (Fsp3) is 0.235. The smallest absolute Gasteiger partial charge is 0.170 e. The van der Waals surface area contributed by atoms with Gasteiger partial charge in [-0.15, -0.1) is 11.8 Å². The van der Waals surface area contributed by atoms with Crippen molar-refractivity contribution >= 4 is 17.6 Å². The van der Waals surface area contributed by atoms with Crippen molar-refractivity contribution < 1.29 is 5.21 Å². The van der Waals surface area contributed by atoms with Crippen LogP contribution in [-0.2, 0) is 5.75 Å². The first-order valence-electron chi connectivity index (χ1n) is 6.89. The third kappa shape index (κ3) is 4.26. The number of benzene rings is 2. The molecule has 3 N–H and O–H groups in total. The highest BCUT2D eigenvalue weighted by atomic mass is 32.2. The summed E-state index contributed by atoms with van der Waals surface area (Å²) in [5.74, 6) is 1.60. The first-order chi connectivity index (χ1) is 10.1. The molecule has 0 amide bonds. The van der Waals surface area contributed by atoms with Gasteiger partial charge in [0.25, 0.3) is 0 Å². The molecule has 0 aromatic heterocycles. The molecular formula is C17H20N2OS. The quantitative estimate of drug-likeness (QED) is 0.286. The Balaban J connectivity index is 1.96. The van der Waals surface area contributed by atoms with E-state index in [-0.39, 0.29) is 5.84 Å². The molecule has 2 rings (SSSR count). The summed E-state index contributed by atoms with van der Waals surface area (Å²) < 4.78 is 0. The van der Waals surface area contributed by atoms with Gasteiger partial charge < -0.3 is 10.9 Å². The van der Waals surface area contributed by atoms with Gasteiger partial charge in [-0.2, -0.15) is 0 Å². The van der Waals surface area contributed by atoms with Gasteiger partial charge in [0.15, 0.2) is 5.84 Å². The van der Waals surface area contributed by atoms with Gasteiger partial charge in [-0.1, -0.05) is 55.4 Å². The zero-order chi connectivity index (χ0) is 15.2. The molecule has 0 saturated carbocycles. The van der Waals surface area contributed by atoms with Crippen molar-refractivity contribution in [1.82, 2.24) is 0 Å². The van der Waals surface area contributed by atoms with Crippen LogP contribution < -0.4 is 5.73 Å². The molecule has 0 fully saturated rings. The number of oxime groups is 1. The molecule has 21 heavy (non-hydrogen) atoms. The predicted molar refractivity (Wildman–Crippen MR) is 89.0 cm³/mol. The molecule has 0 atom stereocenters. The summed E-state index contributed by atoms with van der Waals surface area (Å²) in [5.41, 5.74) is 8.85.